The third-order valence-corrected chi connectivity index (χ3v) is 3.82. The molecule has 2 aromatic rings. The van der Waals surface area contributed by atoms with E-state index in [2.05, 4.69) is 0 Å². The van der Waals surface area contributed by atoms with Crippen LogP contribution in [0.25, 0.3) is 0 Å². The summed E-state index contributed by atoms with van der Waals surface area (Å²) in [5, 5.41) is 11.0. The van der Waals surface area contributed by atoms with E-state index in [4.69, 9.17) is 16.4 Å². The average Bonchev–Trinajstić information content (AvgIpc) is 2.77. The van der Waals surface area contributed by atoms with Gasteiger partial charge in [-0.05, 0) is 31.7 Å². The molecule has 1 aliphatic rings. The van der Waals surface area contributed by atoms with Crippen LogP contribution in [-0.2, 0) is 0 Å². The highest BCUT2D eigenvalue weighted by Crippen LogP contribution is 2.30. The van der Waals surface area contributed by atoms with E-state index in [-0.39, 0.29) is 16.0 Å². The molecule has 1 fully saturated rings. The van der Waals surface area contributed by atoms with Crippen LogP contribution in [0.15, 0.2) is 60.7 Å². The van der Waals surface area contributed by atoms with Crippen LogP contribution in [0.3, 0.4) is 0 Å². The fraction of sp³-hybridized carbons (Fsp3) is 0.409. The molecule has 1 heterocycles. The van der Waals surface area contributed by atoms with Gasteiger partial charge < -0.3 is 5.11 Å². The lowest BCUT2D eigenvalue weighted by Crippen LogP contribution is -2.45. The summed E-state index contributed by atoms with van der Waals surface area (Å²) >= 11 is 0. The summed E-state index contributed by atoms with van der Waals surface area (Å²) in [6, 6.07) is 7.43. The lowest BCUT2D eigenvalue weighted by atomic mass is 9.88. The quantitative estimate of drug-likeness (QED) is 0.793. The number of ketones is 1. The minimum Gasteiger partial charge on any atom is -0.388 e. The van der Waals surface area contributed by atoms with Crippen LogP contribution in [0.2, 0.25) is 0 Å². The van der Waals surface area contributed by atoms with E-state index in [1.807, 2.05) is 0 Å². The zero-order chi connectivity index (χ0) is 28.3. The molecule has 0 spiro atoms. The number of likely N-dealkylation sites (tertiary alicyclic amines) is 1. The maximum Gasteiger partial charge on any atom is 0.164 e. The number of aliphatic hydroxyl groups is 1. The van der Waals surface area contributed by atoms with Gasteiger partial charge in [-0.25, -0.2) is 0 Å². The Labute approximate surface area is 167 Å². The van der Waals surface area contributed by atoms with Gasteiger partial charge in [0.05, 0.1) is 7.45 Å². The number of hydrogen-bond donors (Lipinski definition) is 1. The second kappa shape index (κ2) is 8.41. The van der Waals surface area contributed by atoms with Crippen molar-refractivity contribution in [3.8, 4) is 0 Å². The summed E-state index contributed by atoms with van der Waals surface area (Å²) in [6.07, 6.45) is -16.5. The van der Waals surface area contributed by atoms with Crippen molar-refractivity contribution in [2.24, 2.45) is 0 Å². The molecule has 0 aliphatic carbocycles. The van der Waals surface area contributed by atoms with Crippen molar-refractivity contribution < 1.29 is 26.4 Å². The van der Waals surface area contributed by atoms with Crippen molar-refractivity contribution in [3.63, 3.8) is 0 Å². The predicted molar refractivity (Wildman–Crippen MR) is 101 cm³/mol. The second-order valence-corrected chi connectivity index (χ2v) is 5.56. The molecule has 25 heavy (non-hydrogen) atoms. The van der Waals surface area contributed by atoms with E-state index in [0.29, 0.717) is 0 Å². The first-order valence-electron chi connectivity index (χ1n) is 13.8. The molecule has 0 amide bonds. The topological polar surface area (TPSA) is 40.5 Å². The Kier molecular flexibility index (Phi) is 2.74. The van der Waals surface area contributed by atoms with Crippen molar-refractivity contribution in [3.05, 3.63) is 71.8 Å². The van der Waals surface area contributed by atoms with E-state index in [1.165, 1.54) is 48.5 Å². The predicted octanol–water partition coefficient (Wildman–Crippen LogP) is 4.24. The summed E-state index contributed by atoms with van der Waals surface area (Å²) < 4.78 is 102. The van der Waals surface area contributed by atoms with Crippen LogP contribution in [0.1, 0.15) is 70.4 Å². The van der Waals surface area contributed by atoms with Gasteiger partial charge in [0.25, 0.3) is 0 Å². The fourth-order valence-electron chi connectivity index (χ4n) is 2.47. The maximum absolute atomic E-state index is 13.1. The van der Waals surface area contributed by atoms with Crippen LogP contribution < -0.4 is 0 Å². The third-order valence-electron chi connectivity index (χ3n) is 3.82. The van der Waals surface area contributed by atoms with Gasteiger partial charge in [-0.1, -0.05) is 67.0 Å². The molecule has 3 heteroatoms. The van der Waals surface area contributed by atoms with E-state index in [9.17, 15) is 9.90 Å². The van der Waals surface area contributed by atoms with Gasteiger partial charge in [-0.2, -0.15) is 0 Å². The Morgan fingerprint density at radius 3 is 2.56 bits per heavy atom. The van der Waals surface area contributed by atoms with E-state index >= 15 is 0 Å². The van der Waals surface area contributed by atoms with Crippen LogP contribution in [0.4, 0.5) is 0 Å². The minimum absolute atomic E-state index is 0.0265. The number of benzene rings is 2. The van der Waals surface area contributed by atoms with Gasteiger partial charge in [-0.15, -0.1) is 0 Å². The zero-order valence-electron chi connectivity index (χ0n) is 25.5. The second-order valence-electron chi connectivity index (χ2n) is 5.56. The molecule has 0 radical (unpaired) electrons. The molecular weight excluding hydrogens is 310 g/mol. The highest BCUT2D eigenvalue weighted by molar-refractivity contribution is 5.96. The number of piperidine rings is 1. The summed E-state index contributed by atoms with van der Waals surface area (Å²) in [4.78, 5) is 13.0. The molecular formula is C22H27NO2. The molecule has 0 bridgehead atoms. The van der Waals surface area contributed by atoms with Crippen molar-refractivity contribution in [1.82, 2.24) is 4.90 Å². The monoisotopic (exact) mass is 349 g/mol. The molecule has 1 aliphatic heterocycles. The number of rotatable bonds is 6. The van der Waals surface area contributed by atoms with Gasteiger partial charge in [-0.3, -0.25) is 9.69 Å². The largest absolute Gasteiger partial charge is 0.388 e. The molecule has 0 aromatic heterocycles. The van der Waals surface area contributed by atoms with Crippen LogP contribution in [0.5, 0.6) is 0 Å². The van der Waals surface area contributed by atoms with E-state index < -0.39 is 62.8 Å². The first-order chi connectivity index (χ1) is 16.7. The Bertz CT molecular complexity index is 1140. The van der Waals surface area contributed by atoms with Crippen molar-refractivity contribution in [1.29, 1.82) is 0 Å². The Balaban J connectivity index is 2.29. The summed E-state index contributed by atoms with van der Waals surface area (Å²) in [7, 11) is 0. The standard InChI is InChI=1S/C22H27NO2/c1-23-19(15-21(24)17-9-4-2-5-10-17)13-8-14-20(23)16-22(25)18-11-6-3-7-12-18/h2-7,9-12,19-21,24H,8,13-16H2,1H3/t19-,20+,21?/m0/s1/i1D3,8D2,13D2,14D2,19D,20D,21D. The van der Waals surface area contributed by atoms with Gasteiger partial charge >= 0.3 is 0 Å². The number of Topliss-reactive ketones (excluding diaryl/α,β-unsaturated/α-hetero) is 1. The van der Waals surface area contributed by atoms with Gasteiger partial charge in [0.15, 0.2) is 5.78 Å². The highest BCUT2D eigenvalue weighted by atomic mass is 16.3. The van der Waals surface area contributed by atoms with Crippen LogP contribution in [-0.4, -0.2) is 34.8 Å². The molecule has 1 saturated heterocycles. The maximum atomic E-state index is 13.1. The third kappa shape index (κ3) is 4.56. The lowest BCUT2D eigenvalue weighted by Gasteiger charge is -2.40. The van der Waals surface area contributed by atoms with Crippen LogP contribution >= 0.6 is 0 Å². The Morgan fingerprint density at radius 1 is 1.24 bits per heavy atom. The smallest absolute Gasteiger partial charge is 0.164 e. The van der Waals surface area contributed by atoms with Gasteiger partial charge in [0, 0.05) is 39.1 Å². The molecule has 1 N–H and O–H groups in total. The van der Waals surface area contributed by atoms with Crippen molar-refractivity contribution in [2.75, 3.05) is 6.98 Å². The first kappa shape index (κ1) is 8.15. The molecule has 1 unspecified atom stereocenters. The Hall–Kier alpha value is -1.97. The molecule has 0 saturated carbocycles. The summed E-state index contributed by atoms with van der Waals surface area (Å²) in [5.74, 6) is -0.932. The highest BCUT2D eigenvalue weighted by Gasteiger charge is 2.30. The molecule has 3 rings (SSSR count). The molecule has 3 nitrogen and oxygen atoms in total. The number of carbonyl (C=O) groups excluding carboxylic acids is 1. The Morgan fingerprint density at radius 2 is 1.88 bits per heavy atom. The number of nitrogens with zero attached hydrogens (tertiary/aromatic N) is 1. The van der Waals surface area contributed by atoms with Gasteiger partial charge in [0.1, 0.15) is 0 Å². The van der Waals surface area contributed by atoms with E-state index in [0.717, 1.165) is 0 Å². The van der Waals surface area contributed by atoms with Crippen LogP contribution in [0, 0.1) is 0 Å². The van der Waals surface area contributed by atoms with Gasteiger partial charge in [0.2, 0.25) is 0 Å². The van der Waals surface area contributed by atoms with Crippen molar-refractivity contribution in [2.45, 2.75) is 50.1 Å². The number of hydrogen-bond acceptors (Lipinski definition) is 3. The van der Waals surface area contributed by atoms with Crippen molar-refractivity contribution >= 4 is 5.78 Å². The fourth-order valence-corrected chi connectivity index (χ4v) is 2.47. The first-order valence-corrected chi connectivity index (χ1v) is 7.83. The molecule has 2 aromatic carbocycles. The normalized spacial score (nSPS) is 43.2. The summed E-state index contributed by atoms with van der Waals surface area (Å²) in [5.41, 5.74) is -0.186. The molecule has 132 valence electrons. The van der Waals surface area contributed by atoms with E-state index in [1.54, 1.807) is 12.1 Å². The zero-order valence-corrected chi connectivity index (χ0v) is 13.5. The molecule has 3 atom stereocenters. The lowest BCUT2D eigenvalue weighted by molar-refractivity contribution is 0.0549. The minimum atomic E-state index is -3.71. The SMILES string of the molecule is [2H]C(O)(C[C@@]1([2H])N(C([2H])([2H])[2H])[C@@]([2H])(CC(=O)c2ccccc2)C([2H])([2H])C([2H])([2H])C1([2H])[2H])c1ccccc1. The summed E-state index contributed by atoms with van der Waals surface area (Å²) in [6.45, 7) is -3.62. The number of carbonyl (C=O) groups is 1. The average molecular weight is 350 g/mol.